The number of primary amides is 1. The maximum atomic E-state index is 14.2. The number of carboxylic acid groups (broad SMARTS) is 1. The number of aryl methyl sites for hydroxylation is 1. The van der Waals surface area contributed by atoms with E-state index in [-0.39, 0.29) is 30.7 Å². The maximum Gasteiger partial charge on any atom is 0.490 e. The van der Waals surface area contributed by atoms with Crippen LogP contribution in [0.15, 0.2) is 89.9 Å². The van der Waals surface area contributed by atoms with E-state index >= 15 is 0 Å². The number of carboxylic acids is 1. The number of aliphatic imine (C=N–C) groups is 1. The van der Waals surface area contributed by atoms with Crippen molar-refractivity contribution < 1.29 is 37.5 Å². The van der Waals surface area contributed by atoms with Gasteiger partial charge < -0.3 is 38.7 Å². The number of carbonyl (C=O) groups excluding carboxylic acids is 3. The molecule has 0 saturated heterocycles. The Hall–Kier alpha value is -5.93. The minimum Gasteiger partial charge on any atom is -0.475 e. The molecule has 3 aromatic rings. The van der Waals surface area contributed by atoms with Gasteiger partial charge in [0, 0.05) is 12.1 Å². The molecule has 274 valence electrons. The van der Waals surface area contributed by atoms with E-state index in [0.717, 1.165) is 16.7 Å². The Morgan fingerprint density at radius 2 is 1.35 bits per heavy atom. The van der Waals surface area contributed by atoms with Gasteiger partial charge in [-0.15, -0.1) is 0 Å². The number of nitrogens with zero attached hydrogens (tertiary/aromatic N) is 1. The van der Waals surface area contributed by atoms with E-state index in [0.29, 0.717) is 31.2 Å². The number of benzene rings is 3. The largest absolute Gasteiger partial charge is 0.490 e. The van der Waals surface area contributed by atoms with E-state index in [1.54, 1.807) is 12.1 Å². The van der Waals surface area contributed by atoms with Crippen LogP contribution in [0, 0.1) is 5.41 Å². The zero-order valence-electron chi connectivity index (χ0n) is 28.0. The second-order valence-electron chi connectivity index (χ2n) is 11.8. The lowest BCUT2D eigenvalue weighted by Gasteiger charge is -2.32. The molecule has 51 heavy (non-hydrogen) atoms. The Kier molecular flexibility index (Phi) is 15.6. The Balaban J connectivity index is 0.00000116. The Labute approximate surface area is 293 Å². The van der Waals surface area contributed by atoms with Gasteiger partial charge in [0.15, 0.2) is 5.96 Å². The minimum absolute atomic E-state index is 0.0436. The molecule has 3 rings (SSSR count). The van der Waals surface area contributed by atoms with Crippen LogP contribution in [0.4, 0.5) is 13.2 Å². The van der Waals surface area contributed by atoms with Gasteiger partial charge in [0.2, 0.25) is 17.7 Å². The first-order valence-corrected chi connectivity index (χ1v) is 15.7. The van der Waals surface area contributed by atoms with E-state index < -0.39 is 41.5 Å². The van der Waals surface area contributed by atoms with E-state index in [4.69, 9.17) is 38.2 Å². The molecule has 3 amide bonds. The van der Waals surface area contributed by atoms with Crippen molar-refractivity contribution in [3.8, 4) is 0 Å². The molecule has 16 heteroatoms. The summed E-state index contributed by atoms with van der Waals surface area (Å²) in [7, 11) is 0. The third-order valence-corrected chi connectivity index (χ3v) is 7.77. The number of halogens is 3. The fourth-order valence-corrected chi connectivity index (χ4v) is 4.93. The summed E-state index contributed by atoms with van der Waals surface area (Å²) >= 11 is 0. The standard InChI is InChI=1S/C33H42N8O3.C2HF3O2/c1-33(25-11-6-3-7-12-25,21-23-14-17-24(18-15-23)28(34)35)31(44)41-27(19-16-22-9-4-2-5-10-22)30(43)40-26(29(36)42)13-8-20-39-32(37)38;3-2(4,5)1(6)7/h2-7,9-12,14-15,17-18,26-27H,8,13,16,19-21H2,1H3,(H3,34,35)(H2,36,42)(H,40,43)(H,41,44)(H4,37,38,39);(H,6,7)/t26-,27-,33+;/m0./s1. The van der Waals surface area contributed by atoms with Crippen LogP contribution in [0.5, 0.6) is 0 Å². The van der Waals surface area contributed by atoms with Crippen molar-refractivity contribution in [1.82, 2.24) is 10.6 Å². The van der Waals surface area contributed by atoms with Crippen molar-refractivity contribution in [3.63, 3.8) is 0 Å². The van der Waals surface area contributed by atoms with Gasteiger partial charge in [-0.3, -0.25) is 24.8 Å². The summed E-state index contributed by atoms with van der Waals surface area (Å²) in [4.78, 5) is 52.9. The molecule has 0 saturated carbocycles. The van der Waals surface area contributed by atoms with Gasteiger partial charge in [-0.2, -0.15) is 13.2 Å². The number of guanidine groups is 1. The number of rotatable bonds is 16. The molecule has 0 fully saturated rings. The molecule has 3 atom stereocenters. The van der Waals surface area contributed by atoms with Crippen LogP contribution in [0.25, 0.3) is 0 Å². The van der Waals surface area contributed by atoms with Crippen LogP contribution < -0.4 is 33.6 Å². The molecular formula is C35H43F3N8O5. The quantitative estimate of drug-likeness (QED) is 0.0620. The third-order valence-electron chi connectivity index (χ3n) is 7.77. The third kappa shape index (κ3) is 13.8. The van der Waals surface area contributed by atoms with E-state index in [9.17, 15) is 27.6 Å². The van der Waals surface area contributed by atoms with Crippen molar-refractivity contribution in [2.75, 3.05) is 6.54 Å². The highest BCUT2D eigenvalue weighted by molar-refractivity contribution is 5.96. The maximum absolute atomic E-state index is 14.2. The number of amidine groups is 1. The molecule has 0 spiro atoms. The molecule has 0 bridgehead atoms. The molecular weight excluding hydrogens is 669 g/mol. The van der Waals surface area contributed by atoms with Crippen LogP contribution >= 0.6 is 0 Å². The highest BCUT2D eigenvalue weighted by Gasteiger charge is 2.39. The van der Waals surface area contributed by atoms with Gasteiger partial charge in [0.25, 0.3) is 0 Å². The summed E-state index contributed by atoms with van der Waals surface area (Å²) in [5.41, 5.74) is 24.1. The van der Waals surface area contributed by atoms with Crippen molar-refractivity contribution in [2.45, 2.75) is 62.7 Å². The smallest absolute Gasteiger partial charge is 0.475 e. The van der Waals surface area contributed by atoms with Gasteiger partial charge in [-0.05, 0) is 55.7 Å². The normalized spacial score (nSPS) is 13.2. The molecule has 12 N–H and O–H groups in total. The van der Waals surface area contributed by atoms with Crippen molar-refractivity contribution in [1.29, 1.82) is 5.41 Å². The molecule has 0 aliphatic carbocycles. The van der Waals surface area contributed by atoms with Crippen molar-refractivity contribution >= 4 is 35.5 Å². The zero-order valence-corrected chi connectivity index (χ0v) is 28.0. The van der Waals surface area contributed by atoms with Gasteiger partial charge in [-0.1, -0.05) is 84.9 Å². The van der Waals surface area contributed by atoms with Gasteiger partial charge in [0.05, 0.1) is 5.41 Å². The van der Waals surface area contributed by atoms with Gasteiger partial charge >= 0.3 is 12.1 Å². The summed E-state index contributed by atoms with van der Waals surface area (Å²) in [5, 5.41) is 20.5. The number of nitrogens with two attached hydrogens (primary N) is 4. The highest BCUT2D eigenvalue weighted by atomic mass is 19.4. The van der Waals surface area contributed by atoms with Crippen LogP contribution in [0.3, 0.4) is 0 Å². The number of hydrogen-bond donors (Lipinski definition) is 8. The average molecular weight is 713 g/mol. The first-order valence-electron chi connectivity index (χ1n) is 15.7. The first kappa shape index (κ1) is 41.2. The highest BCUT2D eigenvalue weighted by Crippen LogP contribution is 2.29. The topological polar surface area (TPSA) is 253 Å². The SMILES string of the molecule is C[C@](Cc1ccc(C(=N)N)cc1)(C(=O)N[C@@H](CCc1ccccc1)C(=O)N[C@@H](CCCN=C(N)N)C(N)=O)c1ccccc1.O=C(O)C(F)(F)F. The first-order chi connectivity index (χ1) is 23.9. The van der Waals surface area contributed by atoms with Gasteiger partial charge in [-0.25, -0.2) is 4.79 Å². The summed E-state index contributed by atoms with van der Waals surface area (Å²) in [6.07, 6.45) is -3.31. The molecule has 0 unspecified atom stereocenters. The van der Waals surface area contributed by atoms with Crippen LogP contribution in [-0.4, -0.2) is 65.4 Å². The molecule has 13 nitrogen and oxygen atoms in total. The van der Waals surface area contributed by atoms with E-state index in [2.05, 4.69) is 15.6 Å². The monoisotopic (exact) mass is 712 g/mol. The zero-order chi connectivity index (χ0) is 38.2. The Morgan fingerprint density at radius 1 is 0.804 bits per heavy atom. The number of amides is 3. The number of alkyl halides is 3. The fourth-order valence-electron chi connectivity index (χ4n) is 4.93. The molecule has 3 aromatic carbocycles. The summed E-state index contributed by atoms with van der Waals surface area (Å²) < 4.78 is 31.7. The number of hydrogen-bond acceptors (Lipinski definition) is 6. The Morgan fingerprint density at radius 3 is 1.84 bits per heavy atom. The molecule has 0 aromatic heterocycles. The lowest BCUT2D eigenvalue weighted by atomic mass is 9.76. The molecule has 0 heterocycles. The minimum atomic E-state index is -5.08. The van der Waals surface area contributed by atoms with Crippen LogP contribution in [0.1, 0.15) is 48.4 Å². The van der Waals surface area contributed by atoms with Gasteiger partial charge in [0.1, 0.15) is 17.9 Å². The van der Waals surface area contributed by atoms with E-state index in [1.165, 1.54) is 0 Å². The molecule has 0 aliphatic heterocycles. The number of aliphatic carboxylic acids is 1. The van der Waals surface area contributed by atoms with Crippen molar-refractivity contribution in [3.05, 3.63) is 107 Å². The lowest BCUT2D eigenvalue weighted by molar-refractivity contribution is -0.192. The summed E-state index contributed by atoms with van der Waals surface area (Å²) in [6.45, 7) is 2.11. The second-order valence-corrected chi connectivity index (χ2v) is 11.8. The average Bonchev–Trinajstić information content (AvgIpc) is 3.08. The van der Waals surface area contributed by atoms with Crippen molar-refractivity contribution in [2.24, 2.45) is 27.9 Å². The molecule has 0 radical (unpaired) electrons. The molecule has 0 aliphatic rings. The lowest BCUT2D eigenvalue weighted by Crippen LogP contribution is -2.56. The number of nitrogens with one attached hydrogen (secondary N) is 3. The predicted octanol–water partition coefficient (Wildman–Crippen LogP) is 2.25. The fraction of sp³-hybridized carbons (Fsp3) is 0.314. The van der Waals surface area contributed by atoms with Crippen LogP contribution in [0.2, 0.25) is 0 Å². The van der Waals surface area contributed by atoms with Crippen LogP contribution in [-0.2, 0) is 37.4 Å². The summed E-state index contributed by atoms with van der Waals surface area (Å²) in [5.74, 6) is -4.42. The summed E-state index contributed by atoms with van der Waals surface area (Å²) in [6, 6.07) is 24.2. The predicted molar refractivity (Wildman–Crippen MR) is 186 cm³/mol. The second kappa shape index (κ2) is 19.3. The number of nitrogen functional groups attached to an aromatic ring is 1. The van der Waals surface area contributed by atoms with E-state index in [1.807, 2.05) is 79.7 Å². The Bertz CT molecular complexity index is 1650. The number of carbonyl (C=O) groups is 4.